The van der Waals surface area contributed by atoms with Gasteiger partial charge in [-0.05, 0) is 61.6 Å². The van der Waals surface area contributed by atoms with Crippen molar-refractivity contribution in [2.75, 3.05) is 36.5 Å². The smallest absolute Gasteiger partial charge is 0.313 e. The van der Waals surface area contributed by atoms with E-state index >= 15 is 0 Å². The number of hydrogen-bond acceptors (Lipinski definition) is 5. The normalized spacial score (nSPS) is 18.3. The minimum Gasteiger partial charge on any atom is -0.492 e. The summed E-state index contributed by atoms with van der Waals surface area (Å²) in [5, 5.41) is 2.78. The number of rotatable bonds is 5. The maximum atomic E-state index is 12.3. The van der Waals surface area contributed by atoms with Crippen LogP contribution in [0.2, 0.25) is 0 Å². The van der Waals surface area contributed by atoms with Gasteiger partial charge in [-0.15, -0.1) is 0 Å². The van der Waals surface area contributed by atoms with Gasteiger partial charge in [0.1, 0.15) is 12.4 Å². The van der Waals surface area contributed by atoms with Gasteiger partial charge in [0.25, 0.3) is 5.91 Å². The molecule has 0 aromatic heterocycles. The third-order valence-corrected chi connectivity index (χ3v) is 5.43. The number of nitrogens with one attached hydrogen (secondary N) is 1. The fraction of sp³-hybridized carbons (Fsp3) is 0.391. The van der Waals surface area contributed by atoms with Crippen LogP contribution in [0.4, 0.5) is 11.4 Å². The molecule has 29 heavy (non-hydrogen) atoms. The molecular formula is C23H26N2O4. The van der Waals surface area contributed by atoms with Gasteiger partial charge < -0.3 is 19.7 Å². The Labute approximate surface area is 170 Å². The van der Waals surface area contributed by atoms with E-state index in [1.807, 2.05) is 48.5 Å². The van der Waals surface area contributed by atoms with E-state index in [4.69, 9.17) is 9.47 Å². The lowest BCUT2D eigenvalue weighted by Crippen LogP contribution is -2.32. The Hall–Kier alpha value is -3.02. The maximum Gasteiger partial charge on any atom is 0.313 e. The van der Waals surface area contributed by atoms with E-state index in [2.05, 4.69) is 10.2 Å². The van der Waals surface area contributed by atoms with Gasteiger partial charge in [0.2, 0.25) is 0 Å². The number of nitrogens with zero attached hydrogens (tertiary/aromatic N) is 1. The van der Waals surface area contributed by atoms with E-state index in [9.17, 15) is 9.59 Å². The van der Waals surface area contributed by atoms with Crippen LogP contribution < -0.4 is 15.0 Å². The third-order valence-electron chi connectivity index (χ3n) is 5.43. The highest BCUT2D eigenvalue weighted by atomic mass is 16.5. The summed E-state index contributed by atoms with van der Waals surface area (Å²) in [6.07, 6.45) is 4.31. The summed E-state index contributed by atoms with van der Waals surface area (Å²) in [7, 11) is 0. The molecule has 2 aromatic rings. The molecule has 0 radical (unpaired) electrons. The number of hydrogen-bond donors (Lipinski definition) is 1. The number of fused-ring (bicyclic) bond motifs is 1. The summed E-state index contributed by atoms with van der Waals surface area (Å²) in [4.78, 5) is 26.8. The maximum absolute atomic E-state index is 12.3. The van der Waals surface area contributed by atoms with Crippen molar-refractivity contribution in [1.29, 1.82) is 0 Å². The molecule has 2 aromatic carbocycles. The number of anilines is 2. The molecule has 0 saturated carbocycles. The van der Waals surface area contributed by atoms with Crippen LogP contribution in [0.25, 0.3) is 0 Å². The van der Waals surface area contributed by atoms with Crippen LogP contribution in [-0.4, -0.2) is 38.2 Å². The van der Waals surface area contributed by atoms with E-state index in [-0.39, 0.29) is 25.0 Å². The number of carbonyl (C=O) groups is 2. The largest absolute Gasteiger partial charge is 0.492 e. The Kier molecular flexibility index (Phi) is 5.98. The molecule has 1 atom stereocenters. The summed E-state index contributed by atoms with van der Waals surface area (Å²) in [5.74, 6) is -0.333. The zero-order valence-electron chi connectivity index (χ0n) is 16.4. The number of esters is 1. The fourth-order valence-corrected chi connectivity index (χ4v) is 3.84. The molecule has 0 bridgehead atoms. The Morgan fingerprint density at radius 3 is 2.59 bits per heavy atom. The molecule has 6 nitrogen and oxygen atoms in total. The first-order valence-corrected chi connectivity index (χ1v) is 10.2. The van der Waals surface area contributed by atoms with Gasteiger partial charge in [0, 0.05) is 24.5 Å². The van der Waals surface area contributed by atoms with Gasteiger partial charge in [-0.1, -0.05) is 18.2 Å². The van der Waals surface area contributed by atoms with Crippen molar-refractivity contribution in [3.05, 3.63) is 54.1 Å². The number of amides is 1. The molecule has 4 rings (SSSR count). The average molecular weight is 394 g/mol. The highest BCUT2D eigenvalue weighted by molar-refractivity contribution is 5.93. The van der Waals surface area contributed by atoms with Crippen LogP contribution in [0, 0.1) is 5.92 Å². The molecule has 0 aliphatic carbocycles. The van der Waals surface area contributed by atoms with Crippen molar-refractivity contribution >= 4 is 23.3 Å². The molecule has 1 unspecified atom stereocenters. The van der Waals surface area contributed by atoms with E-state index in [1.165, 1.54) is 24.9 Å². The monoisotopic (exact) mass is 394 g/mol. The van der Waals surface area contributed by atoms with E-state index in [0.717, 1.165) is 24.4 Å². The lowest BCUT2D eigenvalue weighted by molar-refractivity contribution is -0.152. The van der Waals surface area contributed by atoms with Crippen LogP contribution >= 0.6 is 0 Å². The predicted octanol–water partition coefficient (Wildman–Crippen LogP) is 3.41. The molecule has 2 aliphatic heterocycles. The minimum absolute atomic E-state index is 0.273. The summed E-state index contributed by atoms with van der Waals surface area (Å²) < 4.78 is 10.8. The number of carbonyl (C=O) groups excluding carboxylic acids is 2. The van der Waals surface area contributed by atoms with Crippen molar-refractivity contribution in [2.24, 2.45) is 5.92 Å². The van der Waals surface area contributed by atoms with Gasteiger partial charge in [-0.25, -0.2) is 0 Å². The van der Waals surface area contributed by atoms with Gasteiger partial charge in [-0.2, -0.15) is 0 Å². The van der Waals surface area contributed by atoms with E-state index < -0.39 is 5.97 Å². The Balaban J connectivity index is 1.24. The van der Waals surface area contributed by atoms with Crippen molar-refractivity contribution in [2.45, 2.75) is 25.7 Å². The molecule has 1 amide bonds. The summed E-state index contributed by atoms with van der Waals surface area (Å²) >= 11 is 0. The molecule has 1 N–H and O–H groups in total. The highest BCUT2D eigenvalue weighted by Crippen LogP contribution is 2.27. The molecular weight excluding hydrogens is 368 g/mol. The number of benzene rings is 2. The molecule has 1 fully saturated rings. The fourth-order valence-electron chi connectivity index (χ4n) is 3.84. The Bertz CT molecular complexity index is 859. The van der Waals surface area contributed by atoms with Gasteiger partial charge in [0.15, 0.2) is 6.61 Å². The van der Waals surface area contributed by atoms with Crippen LogP contribution in [0.15, 0.2) is 48.5 Å². The number of para-hydroxylation sites is 1. The highest BCUT2D eigenvalue weighted by Gasteiger charge is 2.27. The summed E-state index contributed by atoms with van der Waals surface area (Å²) in [6, 6.07) is 15.5. The molecule has 152 valence electrons. The van der Waals surface area contributed by atoms with E-state index in [0.29, 0.717) is 12.1 Å². The van der Waals surface area contributed by atoms with Crippen LogP contribution in [-0.2, 0) is 20.7 Å². The van der Waals surface area contributed by atoms with Crippen molar-refractivity contribution in [3.8, 4) is 5.75 Å². The zero-order chi connectivity index (χ0) is 20.1. The Morgan fingerprint density at radius 2 is 1.79 bits per heavy atom. The van der Waals surface area contributed by atoms with Crippen molar-refractivity contribution in [1.82, 2.24) is 0 Å². The lowest BCUT2D eigenvalue weighted by Gasteiger charge is -2.28. The zero-order valence-corrected chi connectivity index (χ0v) is 16.4. The standard InChI is InChI=1S/C23H26N2O4/c26-22(24-19-8-10-20(11-9-19)25-12-4-1-5-13-25)16-29-23(27)18-14-17-6-2-3-7-21(17)28-15-18/h2-3,6-11,18H,1,4-5,12-16H2,(H,24,26). The van der Waals surface area contributed by atoms with Crippen LogP contribution in [0.5, 0.6) is 5.75 Å². The molecule has 2 heterocycles. The molecule has 0 spiro atoms. The quantitative estimate of drug-likeness (QED) is 0.787. The van der Waals surface area contributed by atoms with E-state index in [1.54, 1.807) is 0 Å². The first-order chi connectivity index (χ1) is 14.2. The average Bonchev–Trinajstić information content (AvgIpc) is 2.78. The third kappa shape index (κ3) is 4.88. The Morgan fingerprint density at radius 1 is 1.03 bits per heavy atom. The summed E-state index contributed by atoms with van der Waals surface area (Å²) in [5.41, 5.74) is 2.85. The van der Waals surface area contributed by atoms with Gasteiger partial charge in [-0.3, -0.25) is 9.59 Å². The summed E-state index contributed by atoms with van der Waals surface area (Å²) in [6.45, 7) is 2.13. The topological polar surface area (TPSA) is 67.9 Å². The number of piperidine rings is 1. The van der Waals surface area contributed by atoms with Crippen molar-refractivity contribution < 1.29 is 19.1 Å². The second kappa shape index (κ2) is 8.99. The van der Waals surface area contributed by atoms with Gasteiger partial charge >= 0.3 is 5.97 Å². The number of ether oxygens (including phenoxy) is 2. The van der Waals surface area contributed by atoms with Crippen molar-refractivity contribution in [3.63, 3.8) is 0 Å². The predicted molar refractivity (Wildman–Crippen MR) is 111 cm³/mol. The molecule has 2 aliphatic rings. The van der Waals surface area contributed by atoms with Gasteiger partial charge in [0.05, 0.1) is 5.92 Å². The first kappa shape index (κ1) is 19.3. The first-order valence-electron chi connectivity index (χ1n) is 10.2. The molecule has 6 heteroatoms. The lowest BCUT2D eigenvalue weighted by atomic mass is 9.97. The van der Waals surface area contributed by atoms with Crippen LogP contribution in [0.1, 0.15) is 24.8 Å². The molecule has 1 saturated heterocycles. The van der Waals surface area contributed by atoms with Crippen LogP contribution in [0.3, 0.4) is 0 Å². The minimum atomic E-state index is -0.407. The second-order valence-electron chi connectivity index (χ2n) is 7.57. The second-order valence-corrected chi connectivity index (χ2v) is 7.57. The SMILES string of the molecule is O=C(COC(=O)C1COc2ccccc2C1)Nc1ccc(N2CCCCC2)cc1.